The fraction of sp³-hybridized carbons (Fsp3) is 0.261. The molecule has 0 unspecified atom stereocenters. The van der Waals surface area contributed by atoms with Crippen LogP contribution < -0.4 is 10.6 Å². The first kappa shape index (κ1) is 21.7. The van der Waals surface area contributed by atoms with Crippen molar-refractivity contribution in [3.8, 4) is 0 Å². The Balaban J connectivity index is 1.75. The van der Waals surface area contributed by atoms with Gasteiger partial charge in [0.2, 0.25) is 5.91 Å². The number of aryl methyl sites for hydroxylation is 1. The van der Waals surface area contributed by atoms with Gasteiger partial charge in [0.05, 0.1) is 17.5 Å². The molecule has 0 aliphatic heterocycles. The van der Waals surface area contributed by atoms with Crippen LogP contribution in [0.25, 0.3) is 0 Å². The van der Waals surface area contributed by atoms with Gasteiger partial charge in [-0.05, 0) is 41.0 Å². The lowest BCUT2D eigenvalue weighted by molar-refractivity contribution is -0.384. The van der Waals surface area contributed by atoms with Crippen LogP contribution in [0.1, 0.15) is 47.4 Å². The van der Waals surface area contributed by atoms with Crippen molar-refractivity contribution in [3.63, 3.8) is 0 Å². The summed E-state index contributed by atoms with van der Waals surface area (Å²) in [5.74, 6) is 0.121. The van der Waals surface area contributed by atoms with Crippen molar-refractivity contribution in [2.75, 3.05) is 11.9 Å². The van der Waals surface area contributed by atoms with Crippen molar-refractivity contribution in [2.24, 2.45) is 0 Å². The normalized spacial score (nSPS) is 12.0. The summed E-state index contributed by atoms with van der Waals surface area (Å²) >= 11 is 1.62. The molecule has 1 amide bonds. The zero-order valence-electron chi connectivity index (χ0n) is 17.2. The molecule has 0 saturated heterocycles. The van der Waals surface area contributed by atoms with Gasteiger partial charge in [0.15, 0.2) is 0 Å². The maximum Gasteiger partial charge on any atom is 0.293 e. The predicted octanol–water partition coefficient (Wildman–Crippen LogP) is 5.41. The third-order valence-corrected chi connectivity index (χ3v) is 5.88. The van der Waals surface area contributed by atoms with E-state index in [1.54, 1.807) is 30.4 Å². The molecule has 0 saturated carbocycles. The first-order valence-electron chi connectivity index (χ1n) is 9.77. The lowest BCUT2D eigenvalue weighted by Crippen LogP contribution is -2.32. The van der Waals surface area contributed by atoms with Crippen LogP contribution in [0, 0.1) is 17.0 Å². The minimum atomic E-state index is -0.485. The molecule has 1 aromatic heterocycles. The van der Waals surface area contributed by atoms with Crippen molar-refractivity contribution >= 4 is 28.6 Å². The number of nitro benzene ring substituents is 1. The van der Waals surface area contributed by atoms with Crippen molar-refractivity contribution in [1.82, 2.24) is 5.32 Å². The zero-order chi connectivity index (χ0) is 21.7. The number of anilines is 1. The molecule has 30 heavy (non-hydrogen) atoms. The van der Waals surface area contributed by atoms with Gasteiger partial charge in [-0.1, -0.05) is 56.3 Å². The average Bonchev–Trinajstić information content (AvgIpc) is 3.24. The van der Waals surface area contributed by atoms with Crippen LogP contribution >= 0.6 is 11.3 Å². The number of rotatable bonds is 8. The Morgan fingerprint density at radius 1 is 1.07 bits per heavy atom. The van der Waals surface area contributed by atoms with Crippen LogP contribution in [0.2, 0.25) is 0 Å². The van der Waals surface area contributed by atoms with Gasteiger partial charge in [-0.3, -0.25) is 20.2 Å². The third kappa shape index (κ3) is 5.11. The number of nitrogens with one attached hydrogen (secondary N) is 2. The SMILES string of the molecule is Cc1cccc([N+](=O)[O-])c1NC(=O)CN[C@@H](c1ccc(C(C)C)cc1)c1cccs1. The highest BCUT2D eigenvalue weighted by Crippen LogP contribution is 2.29. The van der Waals surface area contributed by atoms with Crippen LogP contribution in [0.3, 0.4) is 0 Å². The highest BCUT2D eigenvalue weighted by atomic mass is 32.1. The number of nitro groups is 1. The Bertz CT molecular complexity index is 1010. The summed E-state index contributed by atoms with van der Waals surface area (Å²) in [5, 5.41) is 19.3. The number of para-hydroxylation sites is 1. The van der Waals surface area contributed by atoms with Gasteiger partial charge in [0, 0.05) is 10.9 Å². The van der Waals surface area contributed by atoms with Gasteiger partial charge in [-0.2, -0.15) is 0 Å². The minimum absolute atomic E-state index is 0.0278. The Hall–Kier alpha value is -3.03. The number of thiophene rings is 1. The van der Waals surface area contributed by atoms with E-state index in [1.807, 2.05) is 17.5 Å². The van der Waals surface area contributed by atoms with Crippen molar-refractivity contribution in [2.45, 2.75) is 32.7 Å². The molecule has 1 atom stereocenters. The van der Waals surface area contributed by atoms with Crippen LogP contribution in [0.4, 0.5) is 11.4 Å². The Kier molecular flexibility index (Phi) is 6.97. The van der Waals surface area contributed by atoms with Crippen molar-refractivity contribution in [3.05, 3.63) is 91.7 Å². The van der Waals surface area contributed by atoms with Gasteiger partial charge < -0.3 is 5.32 Å². The molecule has 7 heteroatoms. The summed E-state index contributed by atoms with van der Waals surface area (Å²) in [6, 6.07) is 17.0. The minimum Gasteiger partial charge on any atom is -0.319 e. The van der Waals surface area contributed by atoms with E-state index in [0.717, 1.165) is 10.4 Å². The third-order valence-electron chi connectivity index (χ3n) is 4.94. The maximum absolute atomic E-state index is 12.6. The lowest BCUT2D eigenvalue weighted by Gasteiger charge is -2.19. The van der Waals surface area contributed by atoms with E-state index < -0.39 is 4.92 Å². The quantitative estimate of drug-likeness (QED) is 0.375. The highest BCUT2D eigenvalue weighted by Gasteiger charge is 2.20. The second-order valence-corrected chi connectivity index (χ2v) is 8.40. The molecule has 2 aromatic carbocycles. The summed E-state index contributed by atoms with van der Waals surface area (Å²) in [4.78, 5) is 24.5. The zero-order valence-corrected chi connectivity index (χ0v) is 18.0. The standard InChI is InChI=1S/C23H25N3O3S/c1-15(2)17-9-11-18(12-10-17)23(20-8-5-13-30-20)24-14-21(27)25-22-16(3)6-4-7-19(22)26(28)29/h4-13,15,23-24H,14H2,1-3H3,(H,25,27)/t23-/m0/s1. The fourth-order valence-electron chi connectivity index (χ4n) is 3.26. The van der Waals surface area contributed by atoms with Crippen LogP contribution in [0.15, 0.2) is 60.0 Å². The molecule has 156 valence electrons. The largest absolute Gasteiger partial charge is 0.319 e. The molecule has 0 aliphatic rings. The van der Waals surface area contributed by atoms with Gasteiger partial charge >= 0.3 is 0 Å². The fourth-order valence-corrected chi connectivity index (χ4v) is 4.08. The molecule has 3 aromatic rings. The van der Waals surface area contributed by atoms with E-state index in [-0.39, 0.29) is 29.9 Å². The topological polar surface area (TPSA) is 84.3 Å². The van der Waals surface area contributed by atoms with E-state index in [0.29, 0.717) is 11.5 Å². The van der Waals surface area contributed by atoms with Gasteiger partial charge in [0.25, 0.3) is 5.69 Å². The molecule has 6 nitrogen and oxygen atoms in total. The first-order chi connectivity index (χ1) is 14.4. The molecule has 0 aliphatic carbocycles. The van der Waals surface area contributed by atoms with Crippen LogP contribution in [-0.4, -0.2) is 17.4 Å². The number of carbonyl (C=O) groups is 1. The monoisotopic (exact) mass is 423 g/mol. The Morgan fingerprint density at radius 3 is 2.37 bits per heavy atom. The molecule has 3 rings (SSSR count). The van der Waals surface area contributed by atoms with E-state index in [4.69, 9.17) is 0 Å². The van der Waals surface area contributed by atoms with Gasteiger partial charge in [-0.25, -0.2) is 0 Å². The van der Waals surface area contributed by atoms with E-state index in [9.17, 15) is 14.9 Å². The average molecular weight is 424 g/mol. The summed E-state index contributed by atoms with van der Waals surface area (Å²) in [6.07, 6.45) is 0. The van der Waals surface area contributed by atoms with Crippen molar-refractivity contribution < 1.29 is 9.72 Å². The number of nitrogens with zero attached hydrogens (tertiary/aromatic N) is 1. The van der Waals surface area contributed by atoms with Crippen molar-refractivity contribution in [1.29, 1.82) is 0 Å². The molecule has 0 fully saturated rings. The summed E-state index contributed by atoms with van der Waals surface area (Å²) in [6.45, 7) is 6.07. The maximum atomic E-state index is 12.6. The smallest absolute Gasteiger partial charge is 0.293 e. The lowest BCUT2D eigenvalue weighted by atomic mass is 9.98. The van der Waals surface area contributed by atoms with E-state index >= 15 is 0 Å². The van der Waals surface area contributed by atoms with Crippen LogP contribution in [-0.2, 0) is 4.79 Å². The number of carbonyl (C=O) groups excluding carboxylic acids is 1. The second-order valence-electron chi connectivity index (χ2n) is 7.43. The number of benzene rings is 2. The molecular formula is C23H25N3O3S. The molecule has 0 bridgehead atoms. The van der Waals surface area contributed by atoms with E-state index in [1.165, 1.54) is 11.6 Å². The molecule has 2 N–H and O–H groups in total. The number of hydrogen-bond acceptors (Lipinski definition) is 5. The Morgan fingerprint density at radius 2 is 1.77 bits per heavy atom. The van der Waals surface area contributed by atoms with E-state index in [2.05, 4.69) is 48.7 Å². The summed E-state index contributed by atoms with van der Waals surface area (Å²) < 4.78 is 0. The Labute approximate surface area is 180 Å². The predicted molar refractivity (Wildman–Crippen MR) is 121 cm³/mol. The second kappa shape index (κ2) is 9.65. The van der Waals surface area contributed by atoms with Gasteiger partial charge in [-0.15, -0.1) is 11.3 Å². The van der Waals surface area contributed by atoms with Crippen LogP contribution in [0.5, 0.6) is 0 Å². The molecule has 0 spiro atoms. The number of hydrogen-bond donors (Lipinski definition) is 2. The summed E-state index contributed by atoms with van der Waals surface area (Å²) in [7, 11) is 0. The number of amides is 1. The summed E-state index contributed by atoms with van der Waals surface area (Å²) in [5.41, 5.74) is 3.10. The van der Waals surface area contributed by atoms with Gasteiger partial charge in [0.1, 0.15) is 5.69 Å². The highest BCUT2D eigenvalue weighted by molar-refractivity contribution is 7.10. The molecular weight excluding hydrogens is 398 g/mol. The first-order valence-corrected chi connectivity index (χ1v) is 10.6. The molecule has 0 radical (unpaired) electrons. The molecule has 1 heterocycles.